The lowest BCUT2D eigenvalue weighted by Crippen LogP contribution is -2.27. The van der Waals surface area contributed by atoms with Crippen LogP contribution < -0.4 is 5.32 Å². The van der Waals surface area contributed by atoms with Gasteiger partial charge in [0.1, 0.15) is 5.75 Å². The molecule has 2 N–H and O–H groups in total. The minimum absolute atomic E-state index is 0.0440. The first-order chi connectivity index (χ1) is 8.68. The van der Waals surface area contributed by atoms with Gasteiger partial charge in [0.15, 0.2) is 5.69 Å². The Morgan fingerprint density at radius 2 is 2.28 bits per heavy atom. The molecule has 94 valence electrons. The Morgan fingerprint density at radius 3 is 2.94 bits per heavy atom. The fourth-order valence-corrected chi connectivity index (χ4v) is 1.61. The number of nitrogens with zero attached hydrogens (tertiary/aromatic N) is 3. The van der Waals surface area contributed by atoms with E-state index in [1.54, 1.807) is 16.9 Å². The van der Waals surface area contributed by atoms with Crippen molar-refractivity contribution < 1.29 is 9.90 Å². The summed E-state index contributed by atoms with van der Waals surface area (Å²) in [5, 5.41) is 16.2. The molecule has 0 aliphatic rings. The summed E-state index contributed by atoms with van der Waals surface area (Å²) in [5.74, 6) is -0.495. The summed E-state index contributed by atoms with van der Waals surface area (Å²) in [5.41, 5.74) is 1.07. The highest BCUT2D eigenvalue weighted by Crippen LogP contribution is 2.11. The van der Waals surface area contributed by atoms with Crippen molar-refractivity contribution in [3.63, 3.8) is 0 Å². The molecule has 0 saturated carbocycles. The van der Waals surface area contributed by atoms with Crippen molar-refractivity contribution in [2.45, 2.75) is 6.42 Å². The molecule has 2 aromatic heterocycles. The van der Waals surface area contributed by atoms with Crippen molar-refractivity contribution in [1.82, 2.24) is 20.1 Å². The summed E-state index contributed by atoms with van der Waals surface area (Å²) in [6.45, 7) is 0.467. The van der Waals surface area contributed by atoms with Crippen LogP contribution in [0.25, 0.3) is 0 Å². The molecule has 0 spiro atoms. The topological polar surface area (TPSA) is 80.0 Å². The average molecular weight is 246 g/mol. The van der Waals surface area contributed by atoms with Gasteiger partial charge in [0.2, 0.25) is 0 Å². The minimum atomic E-state index is -0.379. The summed E-state index contributed by atoms with van der Waals surface area (Å²) in [4.78, 5) is 15.6. The molecule has 2 rings (SSSR count). The predicted molar refractivity (Wildman–Crippen MR) is 65.1 cm³/mol. The quantitative estimate of drug-likeness (QED) is 0.823. The summed E-state index contributed by atoms with van der Waals surface area (Å²) < 4.78 is 1.75. The molecule has 6 nitrogen and oxygen atoms in total. The molecule has 0 saturated heterocycles. The molecular formula is C12H14N4O2. The molecule has 0 radical (unpaired) electrons. The third kappa shape index (κ3) is 2.65. The van der Waals surface area contributed by atoms with Gasteiger partial charge < -0.3 is 10.4 Å². The Morgan fingerprint density at radius 1 is 1.44 bits per heavy atom. The van der Waals surface area contributed by atoms with Crippen molar-refractivity contribution in [2.24, 2.45) is 7.05 Å². The number of nitrogens with one attached hydrogen (secondary N) is 1. The van der Waals surface area contributed by atoms with Gasteiger partial charge in [-0.1, -0.05) is 0 Å². The monoisotopic (exact) mass is 246 g/mol. The second kappa shape index (κ2) is 5.31. The van der Waals surface area contributed by atoms with Crippen LogP contribution in [0.4, 0.5) is 0 Å². The lowest BCUT2D eigenvalue weighted by molar-refractivity contribution is 0.0946. The van der Waals surface area contributed by atoms with Crippen LogP contribution in [-0.2, 0) is 13.5 Å². The van der Waals surface area contributed by atoms with E-state index >= 15 is 0 Å². The maximum absolute atomic E-state index is 11.7. The van der Waals surface area contributed by atoms with Crippen LogP contribution in [0.2, 0.25) is 0 Å². The number of carbonyl (C=O) groups excluding carboxylic acids is 1. The summed E-state index contributed by atoms with van der Waals surface area (Å²) in [7, 11) is 1.85. The minimum Gasteiger partial charge on any atom is -0.505 e. The smallest absolute Gasteiger partial charge is 0.273 e. The van der Waals surface area contributed by atoms with Gasteiger partial charge in [-0.15, -0.1) is 0 Å². The number of amides is 1. The largest absolute Gasteiger partial charge is 0.505 e. The molecule has 2 heterocycles. The molecular weight excluding hydrogens is 232 g/mol. The third-order valence-corrected chi connectivity index (χ3v) is 2.59. The molecule has 0 aliphatic carbocycles. The highest BCUT2D eigenvalue weighted by molar-refractivity contribution is 5.94. The Hall–Kier alpha value is -2.37. The van der Waals surface area contributed by atoms with Crippen LogP contribution in [0.15, 0.2) is 30.6 Å². The molecule has 0 unspecified atom stereocenters. The third-order valence-electron chi connectivity index (χ3n) is 2.59. The van der Waals surface area contributed by atoms with Crippen LogP contribution in [0.3, 0.4) is 0 Å². The predicted octanol–water partition coefficient (Wildman–Crippen LogP) is 0.493. The Balaban J connectivity index is 1.90. The van der Waals surface area contributed by atoms with E-state index in [-0.39, 0.29) is 17.4 Å². The lowest BCUT2D eigenvalue weighted by atomic mass is 10.3. The fraction of sp³-hybridized carbons (Fsp3) is 0.250. The standard InChI is InChI=1S/C12H14N4O2/c1-16-9(5-8-15-16)4-7-14-12(18)11-10(17)3-2-6-13-11/h2-3,5-6,8,17H,4,7H2,1H3,(H,14,18). The number of pyridine rings is 1. The SMILES string of the molecule is Cn1nccc1CCNC(=O)c1ncccc1O. The van der Waals surface area contributed by atoms with Crippen LogP contribution >= 0.6 is 0 Å². The number of rotatable bonds is 4. The number of aryl methyl sites for hydroxylation is 1. The van der Waals surface area contributed by atoms with Gasteiger partial charge in [0, 0.05) is 38.1 Å². The zero-order valence-corrected chi connectivity index (χ0v) is 10.00. The van der Waals surface area contributed by atoms with Crippen LogP contribution in [0, 0.1) is 0 Å². The summed E-state index contributed by atoms with van der Waals surface area (Å²) in [6.07, 6.45) is 3.85. The highest BCUT2D eigenvalue weighted by Gasteiger charge is 2.11. The van der Waals surface area contributed by atoms with E-state index in [9.17, 15) is 9.90 Å². The lowest BCUT2D eigenvalue weighted by Gasteiger charge is -2.06. The molecule has 6 heteroatoms. The van der Waals surface area contributed by atoms with Crippen molar-refractivity contribution in [3.8, 4) is 5.75 Å². The summed E-state index contributed by atoms with van der Waals surface area (Å²) in [6, 6.07) is 4.90. The molecule has 0 atom stereocenters. The second-order valence-corrected chi connectivity index (χ2v) is 3.82. The molecule has 2 aromatic rings. The van der Waals surface area contributed by atoms with Gasteiger partial charge in [-0.2, -0.15) is 5.10 Å². The van der Waals surface area contributed by atoms with Gasteiger partial charge in [0.05, 0.1) is 0 Å². The second-order valence-electron chi connectivity index (χ2n) is 3.82. The number of carbonyl (C=O) groups is 1. The van der Waals surface area contributed by atoms with E-state index in [0.29, 0.717) is 13.0 Å². The van der Waals surface area contributed by atoms with Gasteiger partial charge in [-0.05, 0) is 18.2 Å². The first-order valence-corrected chi connectivity index (χ1v) is 5.57. The number of aromatic hydroxyl groups is 1. The van der Waals surface area contributed by atoms with Crippen molar-refractivity contribution in [1.29, 1.82) is 0 Å². The zero-order chi connectivity index (χ0) is 13.0. The molecule has 18 heavy (non-hydrogen) atoms. The molecule has 0 fully saturated rings. The van der Waals surface area contributed by atoms with Crippen LogP contribution in [0.1, 0.15) is 16.2 Å². The Kier molecular flexibility index (Phi) is 3.57. The van der Waals surface area contributed by atoms with E-state index < -0.39 is 0 Å². The summed E-state index contributed by atoms with van der Waals surface area (Å²) >= 11 is 0. The van der Waals surface area contributed by atoms with E-state index in [0.717, 1.165) is 5.69 Å². The van der Waals surface area contributed by atoms with Gasteiger partial charge in [0.25, 0.3) is 5.91 Å². The van der Waals surface area contributed by atoms with Gasteiger partial charge >= 0.3 is 0 Å². The van der Waals surface area contributed by atoms with E-state index in [1.807, 2.05) is 13.1 Å². The first-order valence-electron chi connectivity index (χ1n) is 5.57. The Labute approximate surface area is 104 Å². The number of hydrogen-bond donors (Lipinski definition) is 2. The fourth-order valence-electron chi connectivity index (χ4n) is 1.61. The zero-order valence-electron chi connectivity index (χ0n) is 10.00. The van der Waals surface area contributed by atoms with Crippen LogP contribution in [-0.4, -0.2) is 32.3 Å². The molecule has 0 aromatic carbocycles. The average Bonchev–Trinajstić information content (AvgIpc) is 2.75. The van der Waals surface area contributed by atoms with E-state index in [2.05, 4.69) is 15.4 Å². The maximum atomic E-state index is 11.7. The molecule has 0 aliphatic heterocycles. The van der Waals surface area contributed by atoms with Crippen molar-refractivity contribution in [3.05, 3.63) is 42.0 Å². The molecule has 1 amide bonds. The Bertz CT molecular complexity index is 551. The van der Waals surface area contributed by atoms with E-state index in [1.165, 1.54) is 12.3 Å². The maximum Gasteiger partial charge on any atom is 0.273 e. The first kappa shape index (κ1) is 12.1. The van der Waals surface area contributed by atoms with Gasteiger partial charge in [-0.3, -0.25) is 9.48 Å². The van der Waals surface area contributed by atoms with Gasteiger partial charge in [-0.25, -0.2) is 4.98 Å². The number of aromatic nitrogens is 3. The van der Waals surface area contributed by atoms with E-state index in [4.69, 9.17) is 0 Å². The molecule has 0 bridgehead atoms. The van der Waals surface area contributed by atoms with Crippen molar-refractivity contribution >= 4 is 5.91 Å². The highest BCUT2D eigenvalue weighted by atomic mass is 16.3. The number of hydrogen-bond acceptors (Lipinski definition) is 4. The van der Waals surface area contributed by atoms with Crippen molar-refractivity contribution in [2.75, 3.05) is 6.54 Å². The normalized spacial score (nSPS) is 10.3. The van der Waals surface area contributed by atoms with Crippen LogP contribution in [0.5, 0.6) is 5.75 Å².